The minimum atomic E-state index is 0.576. The van der Waals surface area contributed by atoms with Gasteiger partial charge >= 0.3 is 0 Å². The zero-order chi connectivity index (χ0) is 7.61. The number of rotatable bonds is 1. The van der Waals surface area contributed by atoms with E-state index in [4.69, 9.17) is 0 Å². The maximum absolute atomic E-state index is 2.38. The molecule has 1 aliphatic rings. The van der Waals surface area contributed by atoms with Gasteiger partial charge in [-0.05, 0) is 31.1 Å². The minimum Gasteiger partial charge on any atom is -0.0914 e. The van der Waals surface area contributed by atoms with Crippen molar-refractivity contribution in [3.63, 3.8) is 0 Å². The van der Waals surface area contributed by atoms with Gasteiger partial charge in [0.05, 0.1) is 0 Å². The highest BCUT2D eigenvalue weighted by molar-refractivity contribution is 4.97. The first-order valence-corrected chi connectivity index (χ1v) is 4.29. The van der Waals surface area contributed by atoms with E-state index in [1.807, 2.05) is 0 Å². The van der Waals surface area contributed by atoms with Crippen LogP contribution in [-0.4, -0.2) is 0 Å². The van der Waals surface area contributed by atoms with E-state index in [-0.39, 0.29) is 0 Å². The van der Waals surface area contributed by atoms with Crippen LogP contribution >= 0.6 is 0 Å². The van der Waals surface area contributed by atoms with E-state index in [2.05, 4.69) is 32.9 Å². The van der Waals surface area contributed by atoms with Gasteiger partial charge in [0.25, 0.3) is 0 Å². The Labute approximate surface area is 64.3 Å². The summed E-state index contributed by atoms with van der Waals surface area (Å²) < 4.78 is 0. The van der Waals surface area contributed by atoms with Crippen LogP contribution in [0.4, 0.5) is 0 Å². The predicted molar refractivity (Wildman–Crippen MR) is 45.9 cm³/mol. The summed E-state index contributed by atoms with van der Waals surface area (Å²) in [5, 5.41) is 0. The van der Waals surface area contributed by atoms with Gasteiger partial charge in [-0.1, -0.05) is 32.4 Å². The first-order valence-electron chi connectivity index (χ1n) is 4.29. The Morgan fingerprint density at radius 2 is 2.10 bits per heavy atom. The Bertz CT molecular complexity index is 131. The summed E-state index contributed by atoms with van der Waals surface area (Å²) in [6, 6.07) is 0. The third-order valence-electron chi connectivity index (χ3n) is 2.76. The smallest absolute Gasteiger partial charge is 0.0182 e. The molecule has 0 saturated heterocycles. The Hall–Kier alpha value is -0.260. The highest BCUT2D eigenvalue weighted by atomic mass is 14.4. The second-order valence-corrected chi connectivity index (χ2v) is 4.01. The molecule has 1 aliphatic carbocycles. The predicted octanol–water partition coefficient (Wildman–Crippen LogP) is 3.39. The zero-order valence-corrected chi connectivity index (χ0v) is 7.35. The van der Waals surface area contributed by atoms with Crippen LogP contribution in [0.2, 0.25) is 0 Å². The van der Waals surface area contributed by atoms with Crippen molar-refractivity contribution in [3.8, 4) is 0 Å². The van der Waals surface area contributed by atoms with E-state index >= 15 is 0 Å². The van der Waals surface area contributed by atoms with Crippen molar-refractivity contribution < 1.29 is 0 Å². The van der Waals surface area contributed by atoms with Crippen LogP contribution in [-0.2, 0) is 0 Å². The van der Waals surface area contributed by atoms with Gasteiger partial charge in [0.1, 0.15) is 0 Å². The number of hydrogen-bond acceptors (Lipinski definition) is 0. The molecule has 1 fully saturated rings. The molecule has 1 rings (SSSR count). The molecule has 58 valence electrons. The van der Waals surface area contributed by atoms with E-state index < -0.39 is 0 Å². The van der Waals surface area contributed by atoms with Crippen LogP contribution in [0.5, 0.6) is 0 Å². The van der Waals surface area contributed by atoms with E-state index in [9.17, 15) is 0 Å². The Kier molecular flexibility index (Phi) is 2.18. The van der Waals surface area contributed by atoms with Crippen molar-refractivity contribution in [1.29, 1.82) is 0 Å². The summed E-state index contributed by atoms with van der Waals surface area (Å²) in [5.74, 6) is 0.845. The van der Waals surface area contributed by atoms with Gasteiger partial charge in [-0.15, -0.1) is 0 Å². The van der Waals surface area contributed by atoms with Gasteiger partial charge in [0.15, 0.2) is 0 Å². The van der Waals surface area contributed by atoms with Crippen molar-refractivity contribution in [2.24, 2.45) is 11.3 Å². The zero-order valence-electron chi connectivity index (χ0n) is 7.35. The monoisotopic (exact) mass is 138 g/mol. The number of allylic oxidation sites excluding steroid dienone is 2. The fraction of sp³-hybridized carbons (Fsp3) is 0.800. The van der Waals surface area contributed by atoms with E-state index in [0.29, 0.717) is 5.41 Å². The standard InChI is InChI=1S/C10H18/c1-4-6-9-7-5-8-10(9,2)3/h4,6,9H,5,7-8H2,1-3H3/b6-4+. The average molecular weight is 138 g/mol. The van der Waals surface area contributed by atoms with Crippen molar-refractivity contribution >= 4 is 0 Å². The average Bonchev–Trinajstić information content (AvgIpc) is 2.13. The molecule has 0 bridgehead atoms. The summed E-state index contributed by atoms with van der Waals surface area (Å²) in [6.07, 6.45) is 8.78. The quantitative estimate of drug-likeness (QED) is 0.487. The lowest BCUT2D eigenvalue weighted by Gasteiger charge is -2.23. The third kappa shape index (κ3) is 1.42. The van der Waals surface area contributed by atoms with Crippen LogP contribution in [0.15, 0.2) is 12.2 Å². The minimum absolute atomic E-state index is 0.576. The first-order chi connectivity index (χ1) is 4.67. The molecule has 1 atom stereocenters. The molecular weight excluding hydrogens is 120 g/mol. The molecule has 0 aromatic carbocycles. The second-order valence-electron chi connectivity index (χ2n) is 4.01. The highest BCUT2D eigenvalue weighted by Gasteiger charge is 2.31. The molecule has 0 heteroatoms. The fourth-order valence-corrected chi connectivity index (χ4v) is 1.94. The molecular formula is C10H18. The molecule has 1 saturated carbocycles. The third-order valence-corrected chi connectivity index (χ3v) is 2.76. The molecule has 0 aromatic heterocycles. The summed E-state index contributed by atoms with van der Waals surface area (Å²) in [7, 11) is 0. The van der Waals surface area contributed by atoms with Crippen molar-refractivity contribution in [3.05, 3.63) is 12.2 Å². The normalized spacial score (nSPS) is 31.7. The maximum Gasteiger partial charge on any atom is -0.0182 e. The summed E-state index contributed by atoms with van der Waals surface area (Å²) >= 11 is 0. The molecule has 0 aromatic rings. The topological polar surface area (TPSA) is 0 Å². The second kappa shape index (κ2) is 2.77. The Morgan fingerprint density at radius 3 is 2.50 bits per heavy atom. The molecule has 0 spiro atoms. The van der Waals surface area contributed by atoms with Crippen LogP contribution in [0, 0.1) is 11.3 Å². The van der Waals surface area contributed by atoms with Gasteiger partial charge < -0.3 is 0 Å². The molecule has 0 radical (unpaired) electrons. The van der Waals surface area contributed by atoms with Gasteiger partial charge in [-0.25, -0.2) is 0 Å². The molecule has 0 amide bonds. The van der Waals surface area contributed by atoms with Crippen molar-refractivity contribution in [2.75, 3.05) is 0 Å². The van der Waals surface area contributed by atoms with Gasteiger partial charge in [-0.2, -0.15) is 0 Å². The molecule has 0 aliphatic heterocycles. The summed E-state index contributed by atoms with van der Waals surface area (Å²) in [5.41, 5.74) is 0.576. The molecule has 1 unspecified atom stereocenters. The first kappa shape index (κ1) is 7.84. The number of hydrogen-bond donors (Lipinski definition) is 0. The van der Waals surface area contributed by atoms with E-state index in [0.717, 1.165) is 5.92 Å². The van der Waals surface area contributed by atoms with Crippen LogP contribution in [0.1, 0.15) is 40.0 Å². The van der Waals surface area contributed by atoms with Crippen LogP contribution in [0.3, 0.4) is 0 Å². The Morgan fingerprint density at radius 1 is 1.40 bits per heavy atom. The molecule has 0 N–H and O–H groups in total. The van der Waals surface area contributed by atoms with Crippen LogP contribution < -0.4 is 0 Å². The highest BCUT2D eigenvalue weighted by Crippen LogP contribution is 2.43. The lowest BCUT2D eigenvalue weighted by Crippen LogP contribution is -2.14. The van der Waals surface area contributed by atoms with E-state index in [1.165, 1.54) is 19.3 Å². The van der Waals surface area contributed by atoms with Gasteiger partial charge in [-0.3, -0.25) is 0 Å². The van der Waals surface area contributed by atoms with Gasteiger partial charge in [0, 0.05) is 0 Å². The van der Waals surface area contributed by atoms with Crippen LogP contribution in [0.25, 0.3) is 0 Å². The fourth-order valence-electron chi connectivity index (χ4n) is 1.94. The lowest BCUT2D eigenvalue weighted by molar-refractivity contribution is 0.309. The van der Waals surface area contributed by atoms with Crippen molar-refractivity contribution in [1.82, 2.24) is 0 Å². The SMILES string of the molecule is C/C=C/C1CCCC1(C)C. The summed E-state index contributed by atoms with van der Waals surface area (Å²) in [6.45, 7) is 6.88. The van der Waals surface area contributed by atoms with Gasteiger partial charge in [0.2, 0.25) is 0 Å². The maximum atomic E-state index is 2.38. The van der Waals surface area contributed by atoms with Crippen molar-refractivity contribution in [2.45, 2.75) is 40.0 Å². The largest absolute Gasteiger partial charge is 0.0914 e. The molecule has 0 heterocycles. The Balaban J connectivity index is 2.59. The lowest BCUT2D eigenvalue weighted by atomic mass is 9.82. The summed E-state index contributed by atoms with van der Waals surface area (Å²) in [4.78, 5) is 0. The molecule has 10 heavy (non-hydrogen) atoms. The molecule has 0 nitrogen and oxygen atoms in total. The van der Waals surface area contributed by atoms with E-state index in [1.54, 1.807) is 0 Å².